The first-order valence-corrected chi connectivity index (χ1v) is 23.9. The van der Waals surface area contributed by atoms with Gasteiger partial charge >= 0.3 is 11.9 Å². The predicted octanol–water partition coefficient (Wildman–Crippen LogP) is 10.1. The summed E-state index contributed by atoms with van der Waals surface area (Å²) in [6.07, 6.45) is 12.6. The van der Waals surface area contributed by atoms with E-state index < -0.39 is 22.0 Å². The van der Waals surface area contributed by atoms with E-state index in [9.17, 15) is 9.59 Å². The van der Waals surface area contributed by atoms with Crippen molar-refractivity contribution in [2.75, 3.05) is 0 Å². The zero-order chi connectivity index (χ0) is 34.9. The Bertz CT molecular complexity index is 1120. The van der Waals surface area contributed by atoms with Crippen molar-refractivity contribution >= 4 is 28.6 Å². The van der Waals surface area contributed by atoms with E-state index in [2.05, 4.69) is 99.8 Å². The molecule has 2 aliphatic carbocycles. The van der Waals surface area contributed by atoms with Crippen molar-refractivity contribution in [3.63, 3.8) is 0 Å². The second-order valence-corrected chi connectivity index (χ2v) is 27.8. The number of allylic oxidation sites excluding steroid dienone is 2. The third-order valence-electron chi connectivity index (χ3n) is 11.9. The summed E-state index contributed by atoms with van der Waals surface area (Å²) in [5.74, 6) is 0.409. The normalized spacial score (nSPS) is 29.6. The Morgan fingerprint density at radius 3 is 2.13 bits per heavy atom. The van der Waals surface area contributed by atoms with Crippen LogP contribution in [0.1, 0.15) is 121 Å². The monoisotopic (exact) mass is 676 g/mol. The maximum Gasteiger partial charge on any atom is 0.311 e. The largest absolute Gasteiger partial charge is 0.462 e. The highest BCUT2D eigenvalue weighted by atomic mass is 28.4. The highest BCUT2D eigenvalue weighted by molar-refractivity contribution is 6.74. The van der Waals surface area contributed by atoms with E-state index in [0.29, 0.717) is 18.8 Å². The lowest BCUT2D eigenvalue weighted by Gasteiger charge is -2.46. The van der Waals surface area contributed by atoms with Gasteiger partial charge in [-0.25, -0.2) is 0 Å². The van der Waals surface area contributed by atoms with Gasteiger partial charge in [0.05, 0.1) is 24.0 Å². The van der Waals surface area contributed by atoms with E-state index in [4.69, 9.17) is 18.3 Å². The molecule has 8 heteroatoms. The lowest BCUT2D eigenvalue weighted by Crippen LogP contribution is -2.49. The van der Waals surface area contributed by atoms with E-state index in [1.165, 1.54) is 5.57 Å². The van der Waals surface area contributed by atoms with Crippen molar-refractivity contribution in [2.24, 2.45) is 23.2 Å². The minimum atomic E-state index is -2.05. The molecule has 1 fully saturated rings. The van der Waals surface area contributed by atoms with Crippen molar-refractivity contribution in [1.29, 1.82) is 0 Å². The standard InChI is InChI=1S/C38H68O6Si2/c1-15-16-21-38(9,10)35(40)42-32-24-29(43-45(11,12)36(3,4)5)22-27-18-17-26(2)31(34(27)32)20-19-28-23-30(25-33(39)41-28)44-46(13,14)37(6,7)8/h17-18,22,26,28-32,34H,15-16,19-21,23-25H2,1-14H3/t26-,28+,29+,30+,31-,32-,34-/m0/s1. The first-order valence-electron chi connectivity index (χ1n) is 18.1. The molecular weight excluding hydrogens is 609 g/mol. The van der Waals surface area contributed by atoms with Gasteiger partial charge in [0.15, 0.2) is 16.6 Å². The molecule has 0 aromatic heterocycles. The summed E-state index contributed by atoms with van der Waals surface area (Å²) < 4.78 is 26.1. The number of unbranched alkanes of at least 4 members (excludes halogenated alkanes) is 1. The number of rotatable bonds is 12. The molecule has 46 heavy (non-hydrogen) atoms. The summed E-state index contributed by atoms with van der Waals surface area (Å²) in [6.45, 7) is 31.1. The first-order chi connectivity index (χ1) is 21.0. The van der Waals surface area contributed by atoms with Gasteiger partial charge < -0.3 is 18.3 Å². The molecule has 1 heterocycles. The molecule has 0 amide bonds. The molecule has 1 aliphatic heterocycles. The molecule has 3 rings (SSSR count). The SMILES string of the molecule is CCCCC(C)(C)C(=O)O[C@H]1C[C@H](O[Si](C)(C)C(C)(C)C)C=C2C=C[C@H](C)[C@H](CC[C@@H]3C[C@@H](O[Si](C)(C)C(C)(C)C)CC(=O)O3)[C@H]21. The fraction of sp³-hybridized carbons (Fsp3) is 0.842. The fourth-order valence-corrected chi connectivity index (χ4v) is 9.35. The Hall–Kier alpha value is -1.23. The van der Waals surface area contributed by atoms with Crippen molar-refractivity contribution < 1.29 is 27.9 Å². The van der Waals surface area contributed by atoms with Crippen LogP contribution >= 0.6 is 0 Å². The molecule has 264 valence electrons. The van der Waals surface area contributed by atoms with Crippen LogP contribution in [0.5, 0.6) is 0 Å². The van der Waals surface area contributed by atoms with Crippen LogP contribution in [-0.2, 0) is 27.9 Å². The van der Waals surface area contributed by atoms with Gasteiger partial charge in [-0.05, 0) is 86.8 Å². The molecule has 6 nitrogen and oxygen atoms in total. The molecule has 0 aromatic carbocycles. The minimum absolute atomic E-state index is 0.0830. The molecule has 7 atom stereocenters. The summed E-state index contributed by atoms with van der Waals surface area (Å²) in [6, 6.07) is 0. The lowest BCUT2D eigenvalue weighted by molar-refractivity contribution is -0.166. The topological polar surface area (TPSA) is 71.1 Å². The third-order valence-corrected chi connectivity index (χ3v) is 20.9. The van der Waals surface area contributed by atoms with Crippen molar-refractivity contribution in [2.45, 2.75) is 181 Å². The summed E-state index contributed by atoms with van der Waals surface area (Å²) in [5.41, 5.74) is 0.691. The molecular formula is C38H68O6Si2. The zero-order valence-corrected chi connectivity index (χ0v) is 33.9. The number of hydrogen-bond acceptors (Lipinski definition) is 6. The van der Waals surface area contributed by atoms with Gasteiger partial charge in [0.2, 0.25) is 0 Å². The van der Waals surface area contributed by atoms with Crippen molar-refractivity contribution in [3.8, 4) is 0 Å². The molecule has 0 spiro atoms. The molecule has 1 saturated heterocycles. The van der Waals surface area contributed by atoms with Crippen LogP contribution in [0.25, 0.3) is 0 Å². The molecule has 0 radical (unpaired) electrons. The fourth-order valence-electron chi connectivity index (χ4n) is 6.71. The molecule has 0 saturated carbocycles. The Morgan fingerprint density at radius 2 is 1.54 bits per heavy atom. The van der Waals surface area contributed by atoms with Gasteiger partial charge in [0.25, 0.3) is 0 Å². The van der Waals surface area contributed by atoms with E-state index in [0.717, 1.165) is 38.5 Å². The van der Waals surface area contributed by atoms with Gasteiger partial charge in [-0.3, -0.25) is 9.59 Å². The lowest BCUT2D eigenvalue weighted by atomic mass is 9.66. The Balaban J connectivity index is 1.85. The summed E-state index contributed by atoms with van der Waals surface area (Å²) in [7, 11) is -4.06. The van der Waals surface area contributed by atoms with Crippen LogP contribution in [0.3, 0.4) is 0 Å². The Morgan fingerprint density at radius 1 is 0.935 bits per heavy atom. The average Bonchev–Trinajstić information content (AvgIpc) is 2.89. The van der Waals surface area contributed by atoms with Crippen LogP contribution < -0.4 is 0 Å². The Kier molecular flexibility index (Phi) is 12.5. The molecule has 3 aliphatic rings. The van der Waals surface area contributed by atoms with Crippen LogP contribution in [-0.4, -0.2) is 53.0 Å². The summed E-state index contributed by atoms with van der Waals surface area (Å²) in [5, 5.41) is 0.168. The smallest absolute Gasteiger partial charge is 0.311 e. The highest BCUT2D eigenvalue weighted by Crippen LogP contribution is 2.47. The quantitative estimate of drug-likeness (QED) is 0.151. The zero-order valence-electron chi connectivity index (χ0n) is 31.9. The Labute approximate surface area is 284 Å². The van der Waals surface area contributed by atoms with Crippen LogP contribution in [0.4, 0.5) is 0 Å². The second-order valence-electron chi connectivity index (χ2n) is 18.3. The van der Waals surface area contributed by atoms with Gasteiger partial charge in [0.1, 0.15) is 12.2 Å². The van der Waals surface area contributed by atoms with Gasteiger partial charge in [-0.1, -0.05) is 86.5 Å². The van der Waals surface area contributed by atoms with E-state index in [-0.39, 0.29) is 58.3 Å². The van der Waals surface area contributed by atoms with Crippen LogP contribution in [0, 0.1) is 23.2 Å². The number of carbonyl (C=O) groups is 2. The number of carbonyl (C=O) groups excluding carboxylic acids is 2. The second kappa shape index (κ2) is 14.7. The van der Waals surface area contributed by atoms with Gasteiger partial charge in [-0.2, -0.15) is 0 Å². The predicted molar refractivity (Wildman–Crippen MR) is 194 cm³/mol. The molecule has 0 unspecified atom stereocenters. The van der Waals surface area contributed by atoms with Crippen molar-refractivity contribution in [3.05, 3.63) is 23.8 Å². The van der Waals surface area contributed by atoms with Gasteiger partial charge in [0, 0.05) is 18.8 Å². The molecule has 0 aromatic rings. The maximum atomic E-state index is 13.8. The van der Waals surface area contributed by atoms with E-state index in [1.54, 1.807) is 0 Å². The van der Waals surface area contributed by atoms with E-state index >= 15 is 0 Å². The minimum Gasteiger partial charge on any atom is -0.462 e. The first kappa shape index (κ1) is 39.2. The number of ether oxygens (including phenoxy) is 2. The van der Waals surface area contributed by atoms with Crippen LogP contribution in [0.15, 0.2) is 23.8 Å². The van der Waals surface area contributed by atoms with Crippen molar-refractivity contribution in [1.82, 2.24) is 0 Å². The van der Waals surface area contributed by atoms with Gasteiger partial charge in [-0.15, -0.1) is 0 Å². The molecule has 0 N–H and O–H groups in total. The van der Waals surface area contributed by atoms with E-state index in [1.807, 2.05) is 13.8 Å². The number of esters is 2. The summed E-state index contributed by atoms with van der Waals surface area (Å²) in [4.78, 5) is 26.5. The van der Waals surface area contributed by atoms with Crippen LogP contribution in [0.2, 0.25) is 36.3 Å². The molecule has 0 bridgehead atoms. The third kappa shape index (κ3) is 9.69. The number of cyclic esters (lactones) is 1. The number of hydrogen-bond donors (Lipinski definition) is 0. The maximum absolute atomic E-state index is 13.8. The summed E-state index contributed by atoms with van der Waals surface area (Å²) >= 11 is 0. The highest BCUT2D eigenvalue weighted by Gasteiger charge is 2.47. The average molecular weight is 677 g/mol. The number of fused-ring (bicyclic) bond motifs is 1.